The third-order valence-corrected chi connectivity index (χ3v) is 3.15. The molecule has 108 valence electrons. The summed E-state index contributed by atoms with van der Waals surface area (Å²) in [7, 11) is 0. The molecule has 4 heteroatoms. The van der Waals surface area contributed by atoms with Crippen molar-refractivity contribution in [1.29, 1.82) is 5.26 Å². The first-order valence-electron chi connectivity index (χ1n) is 6.97. The Morgan fingerprint density at radius 2 is 2.05 bits per heavy atom. The second kappa shape index (κ2) is 7.54. The van der Waals surface area contributed by atoms with Crippen LogP contribution in [0.4, 0.5) is 11.4 Å². The van der Waals surface area contributed by atoms with Crippen molar-refractivity contribution in [3.05, 3.63) is 24.3 Å². The molecular formula is C16H23N3O. The lowest BCUT2D eigenvalue weighted by Crippen LogP contribution is -2.23. The average Bonchev–Trinajstić information content (AvgIpc) is 2.43. The van der Waals surface area contributed by atoms with E-state index in [1.54, 1.807) is 0 Å². The third-order valence-electron chi connectivity index (χ3n) is 3.15. The molecule has 0 aliphatic carbocycles. The van der Waals surface area contributed by atoms with Crippen LogP contribution in [0.1, 0.15) is 40.0 Å². The second-order valence-electron chi connectivity index (χ2n) is 5.66. The monoisotopic (exact) mass is 273 g/mol. The molecule has 0 bridgehead atoms. The van der Waals surface area contributed by atoms with Gasteiger partial charge in [-0.3, -0.25) is 4.79 Å². The van der Waals surface area contributed by atoms with Crippen molar-refractivity contribution in [3.63, 3.8) is 0 Å². The predicted octanol–water partition coefficient (Wildman–Crippen LogP) is 3.78. The first-order chi connectivity index (χ1) is 9.46. The highest BCUT2D eigenvalue weighted by Gasteiger charge is 2.17. The van der Waals surface area contributed by atoms with Gasteiger partial charge in [-0.1, -0.05) is 26.8 Å². The van der Waals surface area contributed by atoms with Crippen molar-refractivity contribution in [2.24, 2.45) is 5.41 Å². The Morgan fingerprint density at radius 3 is 2.70 bits per heavy atom. The number of anilines is 2. The fraction of sp³-hybridized carbons (Fsp3) is 0.500. The Balaban J connectivity index is 2.58. The number of carbonyl (C=O) groups is 1. The van der Waals surface area contributed by atoms with Crippen LogP contribution in [0.3, 0.4) is 0 Å². The maximum atomic E-state index is 11.4. The molecule has 1 amide bonds. The van der Waals surface area contributed by atoms with Crippen molar-refractivity contribution >= 4 is 17.3 Å². The SMILES string of the molecule is CCC(=O)Nc1cccc(NCC(C)(C)CCC#N)c1. The number of rotatable bonds is 7. The zero-order valence-corrected chi connectivity index (χ0v) is 12.5. The Labute approximate surface area is 121 Å². The largest absolute Gasteiger partial charge is 0.384 e. The quantitative estimate of drug-likeness (QED) is 0.794. The molecule has 0 aliphatic heterocycles. The van der Waals surface area contributed by atoms with Crippen LogP contribution in [-0.4, -0.2) is 12.5 Å². The van der Waals surface area contributed by atoms with Crippen LogP contribution >= 0.6 is 0 Å². The van der Waals surface area contributed by atoms with Crippen molar-refractivity contribution in [2.45, 2.75) is 40.0 Å². The summed E-state index contributed by atoms with van der Waals surface area (Å²) >= 11 is 0. The first-order valence-corrected chi connectivity index (χ1v) is 6.97. The minimum Gasteiger partial charge on any atom is -0.384 e. The van der Waals surface area contributed by atoms with E-state index in [1.165, 1.54) is 0 Å². The number of benzene rings is 1. The third kappa shape index (κ3) is 5.75. The molecule has 0 heterocycles. The molecule has 1 aromatic rings. The van der Waals surface area contributed by atoms with Gasteiger partial charge < -0.3 is 10.6 Å². The number of hydrogen-bond acceptors (Lipinski definition) is 3. The molecule has 2 N–H and O–H groups in total. The normalized spacial score (nSPS) is 10.7. The molecule has 0 saturated heterocycles. The lowest BCUT2D eigenvalue weighted by molar-refractivity contribution is -0.115. The summed E-state index contributed by atoms with van der Waals surface area (Å²) in [4.78, 5) is 11.4. The van der Waals surface area contributed by atoms with Gasteiger partial charge in [-0.25, -0.2) is 0 Å². The Bertz CT molecular complexity index is 489. The molecule has 0 spiro atoms. The molecule has 0 fully saturated rings. The Kier molecular flexibility index (Phi) is 6.05. The smallest absolute Gasteiger partial charge is 0.224 e. The summed E-state index contributed by atoms with van der Waals surface area (Å²) in [6.45, 7) is 6.90. The summed E-state index contributed by atoms with van der Waals surface area (Å²) in [5.41, 5.74) is 1.85. The van der Waals surface area contributed by atoms with E-state index < -0.39 is 0 Å². The van der Waals surface area contributed by atoms with E-state index in [4.69, 9.17) is 5.26 Å². The van der Waals surface area contributed by atoms with E-state index >= 15 is 0 Å². The summed E-state index contributed by atoms with van der Waals surface area (Å²) in [5, 5.41) is 14.9. The maximum absolute atomic E-state index is 11.4. The van der Waals surface area contributed by atoms with Crippen LogP contribution in [0.25, 0.3) is 0 Å². The number of carbonyl (C=O) groups excluding carboxylic acids is 1. The van der Waals surface area contributed by atoms with Gasteiger partial charge in [0.25, 0.3) is 0 Å². The van der Waals surface area contributed by atoms with Crippen LogP contribution in [-0.2, 0) is 4.79 Å². The van der Waals surface area contributed by atoms with Gasteiger partial charge in [-0.15, -0.1) is 0 Å². The van der Waals surface area contributed by atoms with Gasteiger partial charge in [-0.2, -0.15) is 5.26 Å². The van der Waals surface area contributed by atoms with Gasteiger partial charge in [0.15, 0.2) is 0 Å². The van der Waals surface area contributed by atoms with Gasteiger partial charge in [0, 0.05) is 30.8 Å². The first kappa shape index (κ1) is 16.0. The number of amides is 1. The van der Waals surface area contributed by atoms with Crippen LogP contribution in [0, 0.1) is 16.7 Å². The lowest BCUT2D eigenvalue weighted by Gasteiger charge is -2.24. The van der Waals surface area contributed by atoms with Crippen molar-refractivity contribution in [1.82, 2.24) is 0 Å². The number of nitrogens with one attached hydrogen (secondary N) is 2. The molecule has 0 aliphatic rings. The zero-order valence-electron chi connectivity index (χ0n) is 12.5. The summed E-state index contributed by atoms with van der Waals surface area (Å²) in [6.07, 6.45) is 1.91. The molecule has 0 radical (unpaired) electrons. The van der Waals surface area contributed by atoms with Gasteiger partial charge >= 0.3 is 0 Å². The summed E-state index contributed by atoms with van der Waals surface area (Å²) in [6, 6.07) is 9.87. The molecule has 4 nitrogen and oxygen atoms in total. The van der Waals surface area contributed by atoms with Crippen LogP contribution in [0.15, 0.2) is 24.3 Å². The number of nitrogens with zero attached hydrogens (tertiary/aromatic N) is 1. The summed E-state index contributed by atoms with van der Waals surface area (Å²) in [5.74, 6) is 0.0106. The molecule has 0 atom stereocenters. The summed E-state index contributed by atoms with van der Waals surface area (Å²) < 4.78 is 0. The van der Waals surface area contributed by atoms with Crippen molar-refractivity contribution in [3.8, 4) is 6.07 Å². The lowest BCUT2D eigenvalue weighted by atomic mass is 9.88. The molecule has 20 heavy (non-hydrogen) atoms. The van der Waals surface area contributed by atoms with Crippen LogP contribution < -0.4 is 10.6 Å². The average molecular weight is 273 g/mol. The van der Waals surface area contributed by atoms with Crippen molar-refractivity contribution < 1.29 is 4.79 Å². The predicted molar refractivity (Wildman–Crippen MR) is 82.5 cm³/mol. The minimum absolute atomic E-state index is 0.0106. The van der Waals surface area contributed by atoms with Crippen LogP contribution in [0.5, 0.6) is 0 Å². The van der Waals surface area contributed by atoms with E-state index in [1.807, 2.05) is 31.2 Å². The van der Waals surface area contributed by atoms with Gasteiger partial charge in [-0.05, 0) is 30.0 Å². The second-order valence-corrected chi connectivity index (χ2v) is 5.66. The van der Waals surface area contributed by atoms with E-state index in [9.17, 15) is 4.79 Å². The molecule has 1 aromatic carbocycles. The topological polar surface area (TPSA) is 64.9 Å². The molecular weight excluding hydrogens is 250 g/mol. The highest BCUT2D eigenvalue weighted by atomic mass is 16.1. The number of hydrogen-bond donors (Lipinski definition) is 2. The van der Waals surface area contributed by atoms with Gasteiger partial charge in [0.2, 0.25) is 5.91 Å². The number of nitriles is 1. The Hall–Kier alpha value is -2.02. The van der Waals surface area contributed by atoms with Gasteiger partial charge in [0.1, 0.15) is 0 Å². The fourth-order valence-corrected chi connectivity index (χ4v) is 1.78. The maximum Gasteiger partial charge on any atom is 0.224 e. The Morgan fingerprint density at radius 1 is 1.35 bits per heavy atom. The molecule has 1 rings (SSSR count). The standard InChI is InChI=1S/C16H23N3O/c1-4-15(20)19-14-8-5-7-13(11-14)18-12-16(2,3)9-6-10-17/h5,7-8,11,18H,4,6,9,12H2,1-3H3,(H,19,20). The van der Waals surface area contributed by atoms with E-state index in [-0.39, 0.29) is 11.3 Å². The van der Waals surface area contributed by atoms with E-state index in [2.05, 4.69) is 30.6 Å². The zero-order chi connectivity index (χ0) is 15.0. The highest BCUT2D eigenvalue weighted by molar-refractivity contribution is 5.90. The highest BCUT2D eigenvalue weighted by Crippen LogP contribution is 2.23. The molecule has 0 saturated carbocycles. The fourth-order valence-electron chi connectivity index (χ4n) is 1.78. The van der Waals surface area contributed by atoms with Crippen LogP contribution in [0.2, 0.25) is 0 Å². The molecule has 0 aromatic heterocycles. The van der Waals surface area contributed by atoms with E-state index in [0.717, 1.165) is 24.3 Å². The van der Waals surface area contributed by atoms with Crippen molar-refractivity contribution in [2.75, 3.05) is 17.2 Å². The van der Waals surface area contributed by atoms with E-state index in [0.29, 0.717) is 12.8 Å². The minimum atomic E-state index is 0.0106. The van der Waals surface area contributed by atoms with Gasteiger partial charge in [0.05, 0.1) is 6.07 Å². The molecule has 0 unspecified atom stereocenters.